The lowest BCUT2D eigenvalue weighted by Gasteiger charge is -2.08. The molecule has 1 rings (SSSR count). The van der Waals surface area contributed by atoms with Crippen molar-refractivity contribution in [3.63, 3.8) is 0 Å². The van der Waals surface area contributed by atoms with E-state index in [1.807, 2.05) is 0 Å². The standard InChI is InChI=1S/C7H5F3N2O/c8-7(9,10)4-2-1-3-5(11)6(4)12-13/h1-3H,11H2. The van der Waals surface area contributed by atoms with Crippen LogP contribution in [-0.2, 0) is 6.18 Å². The highest BCUT2D eigenvalue weighted by molar-refractivity contribution is 5.67. The van der Waals surface area contributed by atoms with Crippen LogP contribution in [0.15, 0.2) is 23.4 Å². The molecule has 0 spiro atoms. The van der Waals surface area contributed by atoms with Gasteiger partial charge in [0, 0.05) is 0 Å². The van der Waals surface area contributed by atoms with E-state index in [2.05, 4.69) is 5.18 Å². The van der Waals surface area contributed by atoms with Crippen LogP contribution in [0.4, 0.5) is 24.5 Å². The maximum Gasteiger partial charge on any atom is 0.418 e. The van der Waals surface area contributed by atoms with Gasteiger partial charge in [0.2, 0.25) is 0 Å². The lowest BCUT2D eigenvalue weighted by molar-refractivity contribution is -0.137. The maximum absolute atomic E-state index is 12.2. The molecule has 0 aliphatic carbocycles. The number of nitrogen functional groups attached to an aromatic ring is 1. The number of nitroso groups, excluding NO2 is 1. The predicted molar refractivity (Wildman–Crippen MR) is 41.3 cm³/mol. The molecule has 0 aliphatic rings. The molecular weight excluding hydrogens is 185 g/mol. The Morgan fingerprint density at radius 3 is 2.31 bits per heavy atom. The largest absolute Gasteiger partial charge is 0.418 e. The number of benzene rings is 1. The Hall–Kier alpha value is -1.59. The fraction of sp³-hybridized carbons (Fsp3) is 0.143. The van der Waals surface area contributed by atoms with Gasteiger partial charge in [-0.05, 0) is 17.3 Å². The summed E-state index contributed by atoms with van der Waals surface area (Å²) in [4.78, 5) is 10.1. The van der Waals surface area contributed by atoms with Gasteiger partial charge in [-0.15, -0.1) is 4.91 Å². The van der Waals surface area contributed by atoms with E-state index in [1.165, 1.54) is 6.07 Å². The van der Waals surface area contributed by atoms with E-state index < -0.39 is 17.4 Å². The van der Waals surface area contributed by atoms with Crippen LogP contribution in [0, 0.1) is 4.91 Å². The van der Waals surface area contributed by atoms with E-state index in [1.54, 1.807) is 0 Å². The smallest absolute Gasteiger partial charge is 0.397 e. The average molecular weight is 190 g/mol. The summed E-state index contributed by atoms with van der Waals surface area (Å²) in [7, 11) is 0. The van der Waals surface area contributed by atoms with Crippen LogP contribution in [0.1, 0.15) is 5.56 Å². The minimum atomic E-state index is -4.60. The second-order valence-electron chi connectivity index (χ2n) is 2.33. The minimum Gasteiger partial charge on any atom is -0.397 e. The number of nitrogens with two attached hydrogens (primary N) is 1. The normalized spacial score (nSPS) is 11.3. The summed E-state index contributed by atoms with van der Waals surface area (Å²) in [6, 6.07) is 3.06. The molecule has 0 unspecified atom stereocenters. The summed E-state index contributed by atoms with van der Waals surface area (Å²) in [5.74, 6) is 0. The van der Waals surface area contributed by atoms with Crippen LogP contribution >= 0.6 is 0 Å². The van der Waals surface area contributed by atoms with Crippen LogP contribution in [-0.4, -0.2) is 0 Å². The van der Waals surface area contributed by atoms with E-state index in [0.29, 0.717) is 0 Å². The second-order valence-corrected chi connectivity index (χ2v) is 2.33. The minimum absolute atomic E-state index is 0.273. The van der Waals surface area contributed by atoms with Crippen molar-refractivity contribution in [2.24, 2.45) is 5.18 Å². The quantitative estimate of drug-likeness (QED) is 0.546. The fourth-order valence-corrected chi connectivity index (χ4v) is 0.892. The Labute approximate surface area is 71.3 Å². The molecule has 1 aromatic carbocycles. The molecule has 2 N–H and O–H groups in total. The van der Waals surface area contributed by atoms with Crippen molar-refractivity contribution in [1.82, 2.24) is 0 Å². The van der Waals surface area contributed by atoms with E-state index in [4.69, 9.17) is 5.73 Å². The van der Waals surface area contributed by atoms with Gasteiger partial charge >= 0.3 is 6.18 Å². The number of anilines is 1. The Kier molecular flexibility index (Phi) is 2.22. The highest BCUT2D eigenvalue weighted by Crippen LogP contribution is 2.38. The molecule has 0 aromatic heterocycles. The van der Waals surface area contributed by atoms with Crippen LogP contribution in [0.25, 0.3) is 0 Å². The van der Waals surface area contributed by atoms with Gasteiger partial charge in [-0.3, -0.25) is 0 Å². The van der Waals surface area contributed by atoms with Crippen molar-refractivity contribution in [3.05, 3.63) is 28.7 Å². The van der Waals surface area contributed by atoms with Crippen molar-refractivity contribution in [1.29, 1.82) is 0 Å². The lowest BCUT2D eigenvalue weighted by atomic mass is 10.1. The maximum atomic E-state index is 12.2. The lowest BCUT2D eigenvalue weighted by Crippen LogP contribution is -2.06. The summed E-state index contributed by atoms with van der Waals surface area (Å²) in [6.45, 7) is 0. The molecule has 0 saturated heterocycles. The highest BCUT2D eigenvalue weighted by atomic mass is 19.4. The van der Waals surface area contributed by atoms with Crippen molar-refractivity contribution in [2.45, 2.75) is 6.18 Å². The monoisotopic (exact) mass is 190 g/mol. The Bertz CT molecular complexity index is 335. The van der Waals surface area contributed by atoms with Crippen LogP contribution < -0.4 is 5.73 Å². The number of hydrogen-bond donors (Lipinski definition) is 1. The second kappa shape index (κ2) is 3.04. The van der Waals surface area contributed by atoms with Gasteiger partial charge in [0.15, 0.2) is 0 Å². The first-order valence-electron chi connectivity index (χ1n) is 3.26. The zero-order valence-electron chi connectivity index (χ0n) is 6.30. The van der Waals surface area contributed by atoms with Gasteiger partial charge in [0.05, 0.1) is 11.3 Å². The molecule has 0 bridgehead atoms. The number of nitrogens with zero attached hydrogens (tertiary/aromatic N) is 1. The molecule has 6 heteroatoms. The van der Waals surface area contributed by atoms with Gasteiger partial charge in [-0.1, -0.05) is 6.07 Å². The number of hydrogen-bond acceptors (Lipinski definition) is 3. The molecule has 0 radical (unpaired) electrons. The van der Waals surface area contributed by atoms with Crippen molar-refractivity contribution < 1.29 is 13.2 Å². The first-order valence-corrected chi connectivity index (χ1v) is 3.26. The van der Waals surface area contributed by atoms with Crippen molar-refractivity contribution in [2.75, 3.05) is 5.73 Å². The number of alkyl halides is 3. The van der Waals surface area contributed by atoms with Gasteiger partial charge in [-0.25, -0.2) is 0 Å². The fourth-order valence-electron chi connectivity index (χ4n) is 0.892. The first kappa shape index (κ1) is 9.50. The molecule has 0 saturated carbocycles. The predicted octanol–water partition coefficient (Wildman–Crippen LogP) is 2.69. The molecule has 70 valence electrons. The summed E-state index contributed by atoms with van der Waals surface area (Å²) < 4.78 is 36.5. The zero-order chi connectivity index (χ0) is 10.1. The molecule has 3 nitrogen and oxygen atoms in total. The van der Waals surface area contributed by atoms with Crippen LogP contribution in [0.2, 0.25) is 0 Å². The first-order chi connectivity index (χ1) is 5.96. The van der Waals surface area contributed by atoms with Crippen molar-refractivity contribution in [3.8, 4) is 0 Å². The summed E-state index contributed by atoms with van der Waals surface area (Å²) in [6.07, 6.45) is -4.60. The molecule has 0 fully saturated rings. The SMILES string of the molecule is Nc1cccc(C(F)(F)F)c1N=O. The molecule has 13 heavy (non-hydrogen) atoms. The van der Waals surface area contributed by atoms with Crippen molar-refractivity contribution >= 4 is 11.4 Å². The summed E-state index contributed by atoms with van der Waals surface area (Å²) >= 11 is 0. The average Bonchev–Trinajstić information content (AvgIpc) is 2.02. The molecule has 1 aromatic rings. The highest BCUT2D eigenvalue weighted by Gasteiger charge is 2.34. The molecule has 0 amide bonds. The topological polar surface area (TPSA) is 55.4 Å². The van der Waals surface area contributed by atoms with E-state index in [0.717, 1.165) is 12.1 Å². The van der Waals surface area contributed by atoms with E-state index in [9.17, 15) is 18.1 Å². The van der Waals surface area contributed by atoms with Gasteiger partial charge in [0.25, 0.3) is 0 Å². The van der Waals surface area contributed by atoms with E-state index in [-0.39, 0.29) is 5.69 Å². The summed E-state index contributed by atoms with van der Waals surface area (Å²) in [5.41, 5.74) is 3.00. The molecule has 0 atom stereocenters. The van der Waals surface area contributed by atoms with Crippen LogP contribution in [0.3, 0.4) is 0 Å². The van der Waals surface area contributed by atoms with Crippen LogP contribution in [0.5, 0.6) is 0 Å². The van der Waals surface area contributed by atoms with Gasteiger partial charge < -0.3 is 5.73 Å². The molecule has 0 heterocycles. The van der Waals surface area contributed by atoms with E-state index >= 15 is 0 Å². The Morgan fingerprint density at radius 1 is 1.31 bits per heavy atom. The van der Waals surface area contributed by atoms with Gasteiger partial charge in [-0.2, -0.15) is 13.2 Å². The molecular formula is C7H5F3N2O. The Balaban J connectivity index is 3.37. The third-order valence-electron chi connectivity index (χ3n) is 1.46. The van der Waals surface area contributed by atoms with Gasteiger partial charge in [0.1, 0.15) is 5.69 Å². The number of rotatable bonds is 1. The third-order valence-corrected chi connectivity index (χ3v) is 1.46. The third kappa shape index (κ3) is 1.77. The number of halogens is 3. The molecule has 0 aliphatic heterocycles. The zero-order valence-corrected chi connectivity index (χ0v) is 6.30. The Morgan fingerprint density at radius 2 is 1.92 bits per heavy atom. The summed E-state index contributed by atoms with van der Waals surface area (Å²) in [5, 5.41) is 2.24.